The van der Waals surface area contributed by atoms with Gasteiger partial charge >= 0.3 is 0 Å². The molecule has 0 aliphatic carbocycles. The lowest BCUT2D eigenvalue weighted by molar-refractivity contribution is 0.271. The van der Waals surface area contributed by atoms with Crippen molar-refractivity contribution in [3.63, 3.8) is 0 Å². The third-order valence-corrected chi connectivity index (χ3v) is 4.49. The van der Waals surface area contributed by atoms with Crippen LogP contribution in [0.1, 0.15) is 22.9 Å². The van der Waals surface area contributed by atoms with Gasteiger partial charge in [0.2, 0.25) is 0 Å². The van der Waals surface area contributed by atoms with Gasteiger partial charge in [-0.3, -0.25) is 4.98 Å². The van der Waals surface area contributed by atoms with E-state index in [0.29, 0.717) is 13.2 Å². The number of aromatic nitrogens is 1. The van der Waals surface area contributed by atoms with E-state index in [-0.39, 0.29) is 12.4 Å². The van der Waals surface area contributed by atoms with E-state index in [1.165, 1.54) is 10.4 Å². The summed E-state index contributed by atoms with van der Waals surface area (Å²) in [6, 6.07) is 14.2. The molecule has 0 aliphatic heterocycles. The molecule has 2 heterocycles. The van der Waals surface area contributed by atoms with E-state index in [1.54, 1.807) is 17.5 Å². The number of nitrogens with one attached hydrogen (secondary N) is 1. The molecule has 138 valence electrons. The minimum Gasteiger partial charge on any atom is -0.490 e. The first-order valence-corrected chi connectivity index (χ1v) is 9.23. The van der Waals surface area contributed by atoms with E-state index in [9.17, 15) is 0 Å². The van der Waals surface area contributed by atoms with Crippen LogP contribution in [0.5, 0.6) is 11.5 Å². The van der Waals surface area contributed by atoms with Gasteiger partial charge in [-0.15, -0.1) is 23.7 Å². The van der Waals surface area contributed by atoms with E-state index in [1.807, 2.05) is 37.4 Å². The van der Waals surface area contributed by atoms with Gasteiger partial charge in [-0.25, -0.2) is 0 Å². The highest BCUT2D eigenvalue weighted by Crippen LogP contribution is 2.29. The second-order valence-electron chi connectivity index (χ2n) is 5.55. The monoisotopic (exact) mass is 390 g/mol. The molecular weight excluding hydrogens is 368 g/mol. The third-order valence-electron chi connectivity index (χ3n) is 3.64. The Labute approximate surface area is 164 Å². The van der Waals surface area contributed by atoms with E-state index in [4.69, 9.17) is 9.47 Å². The highest BCUT2D eigenvalue weighted by atomic mass is 35.5. The van der Waals surface area contributed by atoms with E-state index in [2.05, 4.69) is 33.9 Å². The number of ether oxygens (including phenoxy) is 2. The predicted molar refractivity (Wildman–Crippen MR) is 108 cm³/mol. The number of pyridine rings is 1. The molecule has 0 saturated heterocycles. The maximum absolute atomic E-state index is 5.92. The van der Waals surface area contributed by atoms with Gasteiger partial charge in [-0.1, -0.05) is 18.2 Å². The Morgan fingerprint density at radius 2 is 1.88 bits per heavy atom. The molecule has 6 heteroatoms. The van der Waals surface area contributed by atoms with Crippen molar-refractivity contribution < 1.29 is 9.47 Å². The molecule has 0 aliphatic rings. The molecule has 0 atom stereocenters. The summed E-state index contributed by atoms with van der Waals surface area (Å²) in [7, 11) is 0. The first kappa shape index (κ1) is 20.2. The fourth-order valence-electron chi connectivity index (χ4n) is 2.45. The van der Waals surface area contributed by atoms with E-state index < -0.39 is 0 Å². The Hall–Kier alpha value is -2.08. The quantitative estimate of drug-likeness (QED) is 0.568. The number of nitrogens with zero attached hydrogens (tertiary/aromatic N) is 1. The Kier molecular flexibility index (Phi) is 8.41. The molecule has 0 bridgehead atoms. The van der Waals surface area contributed by atoms with Crippen LogP contribution in [-0.2, 0) is 19.7 Å². The first-order valence-electron chi connectivity index (χ1n) is 8.35. The van der Waals surface area contributed by atoms with Crippen molar-refractivity contribution in [3.8, 4) is 11.5 Å². The van der Waals surface area contributed by atoms with Crippen LogP contribution in [0.2, 0.25) is 0 Å². The van der Waals surface area contributed by atoms with Crippen molar-refractivity contribution in [3.05, 3.63) is 76.2 Å². The van der Waals surface area contributed by atoms with Crippen molar-refractivity contribution >= 4 is 23.7 Å². The van der Waals surface area contributed by atoms with Gasteiger partial charge in [0.05, 0.1) is 6.61 Å². The summed E-state index contributed by atoms with van der Waals surface area (Å²) >= 11 is 1.69. The molecule has 1 aromatic carbocycles. The van der Waals surface area contributed by atoms with Crippen molar-refractivity contribution in [1.29, 1.82) is 0 Å². The molecule has 0 unspecified atom stereocenters. The van der Waals surface area contributed by atoms with E-state index in [0.717, 1.165) is 30.2 Å². The van der Waals surface area contributed by atoms with Crippen LogP contribution >= 0.6 is 23.7 Å². The Balaban J connectivity index is 0.00000243. The topological polar surface area (TPSA) is 43.4 Å². The summed E-state index contributed by atoms with van der Waals surface area (Å²) in [6.45, 7) is 4.71. The maximum atomic E-state index is 5.92. The van der Waals surface area contributed by atoms with Crippen LogP contribution in [0.25, 0.3) is 0 Å². The lowest BCUT2D eigenvalue weighted by Crippen LogP contribution is -2.13. The minimum atomic E-state index is 0. The van der Waals surface area contributed by atoms with Gasteiger partial charge in [0.1, 0.15) is 6.61 Å². The molecule has 4 nitrogen and oxygen atoms in total. The van der Waals surface area contributed by atoms with Gasteiger partial charge < -0.3 is 14.8 Å². The number of halogens is 1. The van der Waals surface area contributed by atoms with Crippen LogP contribution < -0.4 is 14.8 Å². The fraction of sp³-hybridized carbons (Fsp3) is 0.250. The number of benzene rings is 1. The van der Waals surface area contributed by atoms with Crippen LogP contribution in [0.4, 0.5) is 0 Å². The van der Waals surface area contributed by atoms with Gasteiger partial charge in [-0.05, 0) is 47.7 Å². The molecule has 26 heavy (non-hydrogen) atoms. The molecule has 0 saturated carbocycles. The third kappa shape index (κ3) is 6.02. The lowest BCUT2D eigenvalue weighted by atomic mass is 10.2. The van der Waals surface area contributed by atoms with Gasteiger partial charge in [-0.2, -0.15) is 0 Å². The fourth-order valence-corrected chi connectivity index (χ4v) is 3.06. The van der Waals surface area contributed by atoms with Crippen molar-refractivity contribution in [2.24, 2.45) is 0 Å². The maximum Gasteiger partial charge on any atom is 0.161 e. The smallest absolute Gasteiger partial charge is 0.161 e. The lowest BCUT2D eigenvalue weighted by Gasteiger charge is -2.13. The number of rotatable bonds is 9. The summed E-state index contributed by atoms with van der Waals surface area (Å²) in [5.74, 6) is 1.57. The number of thiophene rings is 1. The Bertz CT molecular complexity index is 767. The number of hydrogen-bond acceptors (Lipinski definition) is 5. The largest absolute Gasteiger partial charge is 0.490 e. The SMILES string of the molecule is CCOc1cc(CNCc2cccnc2)ccc1OCc1cccs1.Cl. The highest BCUT2D eigenvalue weighted by molar-refractivity contribution is 7.09. The molecule has 0 fully saturated rings. The summed E-state index contributed by atoms with van der Waals surface area (Å²) in [6.07, 6.45) is 3.66. The van der Waals surface area contributed by atoms with Crippen LogP contribution in [0.15, 0.2) is 60.2 Å². The molecular formula is C20H23ClN2O2S. The summed E-state index contributed by atoms with van der Waals surface area (Å²) in [4.78, 5) is 5.32. The summed E-state index contributed by atoms with van der Waals surface area (Å²) in [5, 5.41) is 5.48. The second kappa shape index (κ2) is 10.8. The summed E-state index contributed by atoms with van der Waals surface area (Å²) in [5.41, 5.74) is 2.33. The van der Waals surface area contributed by atoms with Crippen LogP contribution in [0, 0.1) is 0 Å². The Morgan fingerprint density at radius 3 is 2.62 bits per heavy atom. The Morgan fingerprint density at radius 1 is 1.00 bits per heavy atom. The highest BCUT2D eigenvalue weighted by Gasteiger charge is 2.07. The zero-order valence-electron chi connectivity index (χ0n) is 14.7. The van der Waals surface area contributed by atoms with Gasteiger partial charge in [0, 0.05) is 30.4 Å². The average Bonchev–Trinajstić information content (AvgIpc) is 3.16. The molecule has 1 N–H and O–H groups in total. The van der Waals surface area contributed by atoms with Gasteiger partial charge in [0.15, 0.2) is 11.5 Å². The predicted octanol–water partition coefficient (Wildman–Crippen LogP) is 4.83. The molecule has 3 aromatic rings. The van der Waals surface area contributed by atoms with Crippen molar-refractivity contribution in [2.75, 3.05) is 6.61 Å². The van der Waals surface area contributed by atoms with Crippen molar-refractivity contribution in [2.45, 2.75) is 26.6 Å². The zero-order chi connectivity index (χ0) is 17.3. The van der Waals surface area contributed by atoms with Gasteiger partial charge in [0.25, 0.3) is 0 Å². The molecule has 0 amide bonds. The number of hydrogen-bond donors (Lipinski definition) is 1. The molecule has 0 radical (unpaired) electrons. The van der Waals surface area contributed by atoms with E-state index >= 15 is 0 Å². The summed E-state index contributed by atoms with van der Waals surface area (Å²) < 4.78 is 11.7. The van der Waals surface area contributed by atoms with Crippen molar-refractivity contribution in [1.82, 2.24) is 10.3 Å². The molecule has 0 spiro atoms. The molecule has 3 rings (SSSR count). The second-order valence-corrected chi connectivity index (χ2v) is 6.58. The minimum absolute atomic E-state index is 0. The average molecular weight is 391 g/mol. The van der Waals surface area contributed by atoms with Crippen LogP contribution in [0.3, 0.4) is 0 Å². The molecule has 2 aromatic heterocycles. The van der Waals surface area contributed by atoms with Crippen LogP contribution in [-0.4, -0.2) is 11.6 Å². The first-order chi connectivity index (χ1) is 12.3. The normalized spacial score (nSPS) is 10.2. The zero-order valence-corrected chi connectivity index (χ0v) is 16.3. The standard InChI is InChI=1S/C20H22N2O2S.ClH/c1-2-23-20-11-16(12-22-14-17-5-3-9-21-13-17)7-8-19(20)24-15-18-6-4-10-25-18;/h3-11,13,22H,2,12,14-15H2,1H3;1H.